The molecule has 3 aromatic carbocycles. The summed E-state index contributed by atoms with van der Waals surface area (Å²) in [5.41, 5.74) is 3.26. The predicted octanol–water partition coefficient (Wildman–Crippen LogP) is 3.98. The zero-order valence-corrected chi connectivity index (χ0v) is 16.8. The molecule has 0 radical (unpaired) electrons. The van der Waals surface area contributed by atoms with Gasteiger partial charge in [-0.15, -0.1) is 0 Å². The number of benzene rings is 3. The van der Waals surface area contributed by atoms with Crippen molar-refractivity contribution in [1.29, 1.82) is 0 Å². The third kappa shape index (κ3) is 2.59. The molecule has 0 spiro atoms. The van der Waals surface area contributed by atoms with E-state index in [9.17, 15) is 9.90 Å². The highest BCUT2D eigenvalue weighted by Gasteiger charge is 2.33. The fourth-order valence-electron chi connectivity index (χ4n) is 4.31. The Bertz CT molecular complexity index is 1200. The molecule has 1 N–H and O–H groups in total. The minimum atomic E-state index is -0.806. The van der Waals surface area contributed by atoms with Crippen LogP contribution in [0, 0.1) is 0 Å². The lowest BCUT2D eigenvalue weighted by Crippen LogP contribution is -2.05. The molecule has 30 heavy (non-hydrogen) atoms. The van der Waals surface area contributed by atoms with Gasteiger partial charge in [-0.2, -0.15) is 0 Å². The quantitative estimate of drug-likeness (QED) is 0.654. The van der Waals surface area contributed by atoms with E-state index >= 15 is 0 Å². The minimum absolute atomic E-state index is 0.107. The largest absolute Gasteiger partial charge is 0.493 e. The fraction of sp³-hybridized carbons (Fsp3) is 0.261. The van der Waals surface area contributed by atoms with Gasteiger partial charge in [-0.1, -0.05) is 6.07 Å². The number of methoxy groups -OCH3 is 2. The first-order valence-electron chi connectivity index (χ1n) is 9.53. The van der Waals surface area contributed by atoms with E-state index in [0.29, 0.717) is 45.3 Å². The first-order valence-corrected chi connectivity index (χ1v) is 9.53. The van der Waals surface area contributed by atoms with E-state index < -0.39 is 12.1 Å². The zero-order chi connectivity index (χ0) is 21.0. The van der Waals surface area contributed by atoms with Crippen LogP contribution in [0.25, 0.3) is 21.9 Å². The Morgan fingerprint density at radius 1 is 0.933 bits per heavy atom. The normalized spacial score (nSPS) is 15.1. The molecule has 2 aliphatic heterocycles. The molecule has 0 saturated heterocycles. The van der Waals surface area contributed by atoms with E-state index in [1.54, 1.807) is 21.1 Å². The van der Waals surface area contributed by atoms with Crippen LogP contribution in [0.2, 0.25) is 0 Å². The van der Waals surface area contributed by atoms with Crippen LogP contribution in [0.15, 0.2) is 30.3 Å². The van der Waals surface area contributed by atoms with Gasteiger partial charge >= 0.3 is 5.97 Å². The van der Waals surface area contributed by atoms with Gasteiger partial charge < -0.3 is 28.8 Å². The Kier molecular flexibility index (Phi) is 4.22. The minimum Gasteiger partial charge on any atom is -0.493 e. The third-order valence-electron chi connectivity index (χ3n) is 5.59. The van der Waals surface area contributed by atoms with Crippen molar-refractivity contribution in [3.63, 3.8) is 0 Å². The van der Waals surface area contributed by atoms with Gasteiger partial charge in [-0.3, -0.25) is 0 Å². The molecule has 7 heteroatoms. The summed E-state index contributed by atoms with van der Waals surface area (Å²) < 4.78 is 27.3. The second-order valence-corrected chi connectivity index (χ2v) is 7.22. The number of carbonyl (C=O) groups excluding carboxylic acids is 1. The maximum atomic E-state index is 12.8. The lowest BCUT2D eigenvalue weighted by atomic mass is 9.85. The van der Waals surface area contributed by atoms with Crippen LogP contribution in [0.1, 0.15) is 34.5 Å². The monoisotopic (exact) mass is 408 g/mol. The van der Waals surface area contributed by atoms with E-state index in [4.69, 9.17) is 23.7 Å². The number of ether oxygens (including phenoxy) is 5. The lowest BCUT2D eigenvalue weighted by Gasteiger charge is -2.20. The summed E-state index contributed by atoms with van der Waals surface area (Å²) in [6.45, 7) is 1.94. The molecule has 2 aliphatic rings. The topological polar surface area (TPSA) is 83.5 Å². The molecule has 0 aliphatic carbocycles. The number of fused-ring (bicyclic) bond motifs is 3. The molecule has 0 amide bonds. The molecule has 1 atom stereocenters. The van der Waals surface area contributed by atoms with Crippen molar-refractivity contribution in [2.24, 2.45) is 0 Å². The summed E-state index contributed by atoms with van der Waals surface area (Å²) >= 11 is 0. The Morgan fingerprint density at radius 2 is 1.63 bits per heavy atom. The maximum absolute atomic E-state index is 12.8. The Labute approximate surface area is 172 Å². The van der Waals surface area contributed by atoms with Crippen LogP contribution in [0.5, 0.6) is 23.0 Å². The van der Waals surface area contributed by atoms with Gasteiger partial charge in [0.2, 0.25) is 6.79 Å². The van der Waals surface area contributed by atoms with Crippen LogP contribution in [0.4, 0.5) is 0 Å². The van der Waals surface area contributed by atoms with E-state index in [2.05, 4.69) is 0 Å². The summed E-state index contributed by atoms with van der Waals surface area (Å²) in [6, 6.07) is 9.20. The molecular weight excluding hydrogens is 388 g/mol. The number of cyclic esters (lactones) is 1. The Hall–Kier alpha value is -3.45. The SMILES string of the molecule is COc1cc2c(-c3ccc4c(c3)OCO4)c3c(c(C(C)O)c2cc1OC)COC3=O. The Balaban J connectivity index is 1.93. The van der Waals surface area contributed by atoms with Crippen molar-refractivity contribution >= 4 is 16.7 Å². The maximum Gasteiger partial charge on any atom is 0.339 e. The first kappa shape index (κ1) is 18.6. The second-order valence-electron chi connectivity index (χ2n) is 7.22. The summed E-state index contributed by atoms with van der Waals surface area (Å²) in [5, 5.41) is 12.1. The van der Waals surface area contributed by atoms with Gasteiger partial charge in [-0.25, -0.2) is 4.79 Å². The van der Waals surface area contributed by atoms with Crippen molar-refractivity contribution in [2.75, 3.05) is 21.0 Å². The number of hydrogen-bond acceptors (Lipinski definition) is 7. The van der Waals surface area contributed by atoms with Crippen molar-refractivity contribution < 1.29 is 33.6 Å². The van der Waals surface area contributed by atoms with Gasteiger partial charge in [-0.05, 0) is 53.1 Å². The number of esters is 1. The number of aliphatic hydroxyl groups excluding tert-OH is 1. The number of hydrogen-bond donors (Lipinski definition) is 1. The van der Waals surface area contributed by atoms with E-state index in [-0.39, 0.29) is 13.4 Å². The standard InChI is InChI=1S/C23H20O7/c1-11(24)20-13-7-17(26-2)18(27-3)8-14(13)21(22-15(20)9-28-23(22)25)12-4-5-16-19(6-12)30-10-29-16/h4-8,11,24H,9-10H2,1-3H3. The summed E-state index contributed by atoms with van der Waals surface area (Å²) in [7, 11) is 3.12. The van der Waals surface area contributed by atoms with Gasteiger partial charge in [0.25, 0.3) is 0 Å². The molecule has 0 saturated carbocycles. The van der Waals surface area contributed by atoms with Crippen molar-refractivity contribution in [3.05, 3.63) is 47.0 Å². The van der Waals surface area contributed by atoms with Crippen LogP contribution >= 0.6 is 0 Å². The van der Waals surface area contributed by atoms with Crippen LogP contribution in [-0.4, -0.2) is 32.1 Å². The van der Waals surface area contributed by atoms with Gasteiger partial charge in [0.05, 0.1) is 25.9 Å². The van der Waals surface area contributed by atoms with E-state index in [0.717, 1.165) is 16.3 Å². The average Bonchev–Trinajstić information content (AvgIpc) is 3.36. The predicted molar refractivity (Wildman–Crippen MR) is 108 cm³/mol. The molecule has 5 rings (SSSR count). The molecular formula is C23H20O7. The highest BCUT2D eigenvalue weighted by molar-refractivity contribution is 6.13. The highest BCUT2D eigenvalue weighted by Crippen LogP contribution is 2.47. The van der Waals surface area contributed by atoms with E-state index in [1.165, 1.54) is 0 Å². The summed E-state index contributed by atoms with van der Waals surface area (Å²) in [6.07, 6.45) is -0.806. The smallest absolute Gasteiger partial charge is 0.339 e. The van der Waals surface area contributed by atoms with Crippen LogP contribution in [-0.2, 0) is 11.3 Å². The molecule has 0 fully saturated rings. The molecule has 154 valence electrons. The molecule has 0 bridgehead atoms. The third-order valence-corrected chi connectivity index (χ3v) is 5.59. The van der Waals surface area contributed by atoms with Crippen molar-refractivity contribution in [2.45, 2.75) is 19.6 Å². The van der Waals surface area contributed by atoms with Gasteiger partial charge in [0, 0.05) is 11.1 Å². The summed E-state index contributed by atoms with van der Waals surface area (Å²) in [5.74, 6) is 1.91. The lowest BCUT2D eigenvalue weighted by molar-refractivity contribution is 0.0534. The van der Waals surface area contributed by atoms with Crippen molar-refractivity contribution in [1.82, 2.24) is 0 Å². The molecule has 2 heterocycles. The highest BCUT2D eigenvalue weighted by atomic mass is 16.7. The van der Waals surface area contributed by atoms with E-state index in [1.807, 2.05) is 30.3 Å². The van der Waals surface area contributed by atoms with Crippen molar-refractivity contribution in [3.8, 4) is 34.1 Å². The second kappa shape index (κ2) is 6.81. The van der Waals surface area contributed by atoms with Gasteiger partial charge in [0.15, 0.2) is 23.0 Å². The average molecular weight is 408 g/mol. The Morgan fingerprint density at radius 3 is 2.33 bits per heavy atom. The molecule has 3 aromatic rings. The molecule has 7 nitrogen and oxygen atoms in total. The fourth-order valence-corrected chi connectivity index (χ4v) is 4.31. The zero-order valence-electron chi connectivity index (χ0n) is 16.8. The molecule has 0 aromatic heterocycles. The van der Waals surface area contributed by atoms with Crippen LogP contribution in [0.3, 0.4) is 0 Å². The number of carbonyl (C=O) groups is 1. The van der Waals surface area contributed by atoms with Gasteiger partial charge in [0.1, 0.15) is 6.61 Å². The number of rotatable bonds is 4. The summed E-state index contributed by atoms with van der Waals surface area (Å²) in [4.78, 5) is 12.8. The first-order chi connectivity index (χ1) is 14.5. The number of aliphatic hydroxyl groups is 1. The van der Waals surface area contributed by atoms with Crippen LogP contribution < -0.4 is 18.9 Å². The molecule has 1 unspecified atom stereocenters.